The quantitative estimate of drug-likeness (QED) is 0.909. The van der Waals surface area contributed by atoms with E-state index in [-0.39, 0.29) is 5.92 Å². The van der Waals surface area contributed by atoms with Crippen molar-refractivity contribution in [1.29, 1.82) is 5.26 Å². The van der Waals surface area contributed by atoms with Gasteiger partial charge < -0.3 is 5.32 Å². The lowest BCUT2D eigenvalue weighted by Gasteiger charge is -2.25. The number of hydrogen-bond acceptors (Lipinski definition) is 2. The highest BCUT2D eigenvalue weighted by atomic mass is 14.9. The van der Waals surface area contributed by atoms with Gasteiger partial charge in [0.25, 0.3) is 0 Å². The van der Waals surface area contributed by atoms with E-state index in [1.165, 1.54) is 16.3 Å². The minimum absolute atomic E-state index is 0.286. The summed E-state index contributed by atoms with van der Waals surface area (Å²) >= 11 is 0. The van der Waals surface area contributed by atoms with E-state index >= 15 is 0 Å². The van der Waals surface area contributed by atoms with Crippen LogP contribution in [0, 0.1) is 17.2 Å². The summed E-state index contributed by atoms with van der Waals surface area (Å²) in [4.78, 5) is 0. The second-order valence-corrected chi connectivity index (χ2v) is 5.74. The van der Waals surface area contributed by atoms with Gasteiger partial charge in [0.05, 0.1) is 6.07 Å². The Labute approximate surface area is 120 Å². The largest absolute Gasteiger partial charge is 0.310 e. The van der Waals surface area contributed by atoms with Crippen molar-refractivity contribution >= 4 is 10.8 Å². The summed E-state index contributed by atoms with van der Waals surface area (Å²) in [6, 6.07) is 18.1. The highest BCUT2D eigenvalue weighted by Crippen LogP contribution is 2.24. The summed E-state index contributed by atoms with van der Waals surface area (Å²) in [6.07, 6.45) is 4.36. The van der Waals surface area contributed by atoms with Crippen LogP contribution in [0.2, 0.25) is 0 Å². The smallest absolute Gasteiger partial charge is 0.0655 e. The molecule has 2 nitrogen and oxygen atoms in total. The van der Waals surface area contributed by atoms with E-state index in [9.17, 15) is 0 Å². The molecule has 0 amide bonds. The molecule has 1 saturated carbocycles. The number of nitrogens with zero attached hydrogens (tertiary/aromatic N) is 1. The van der Waals surface area contributed by atoms with Crippen LogP contribution in [0.3, 0.4) is 0 Å². The lowest BCUT2D eigenvalue weighted by molar-refractivity contribution is 0.331. The molecule has 0 aromatic heterocycles. The number of nitriles is 1. The fourth-order valence-corrected chi connectivity index (χ4v) is 3.04. The molecule has 1 aliphatic carbocycles. The Bertz CT molecular complexity index is 619. The van der Waals surface area contributed by atoms with E-state index in [1.54, 1.807) is 0 Å². The number of fused-ring (bicyclic) bond motifs is 1. The van der Waals surface area contributed by atoms with Gasteiger partial charge in [-0.3, -0.25) is 0 Å². The normalized spacial score (nSPS) is 22.6. The lowest BCUT2D eigenvalue weighted by Crippen LogP contribution is -2.32. The zero-order valence-corrected chi connectivity index (χ0v) is 11.7. The number of hydrogen-bond donors (Lipinski definition) is 1. The molecular weight excluding hydrogens is 244 g/mol. The van der Waals surface area contributed by atoms with Crippen molar-refractivity contribution in [1.82, 2.24) is 5.32 Å². The zero-order valence-electron chi connectivity index (χ0n) is 11.7. The Hall–Kier alpha value is -1.85. The molecule has 0 saturated heterocycles. The molecule has 0 bridgehead atoms. The average molecular weight is 264 g/mol. The van der Waals surface area contributed by atoms with E-state index < -0.39 is 0 Å². The fourth-order valence-electron chi connectivity index (χ4n) is 3.04. The third-order valence-corrected chi connectivity index (χ3v) is 4.32. The molecule has 2 heteroatoms. The van der Waals surface area contributed by atoms with E-state index in [0.29, 0.717) is 6.04 Å². The standard InChI is InChI=1S/C18H20N2/c19-12-14-6-9-18(10-7-14)20-13-15-5-8-16-3-1-2-4-17(16)11-15/h1-5,8,11,14,18,20H,6-7,9-10,13H2. The SMILES string of the molecule is N#CC1CCC(NCc2ccc3ccccc3c2)CC1. The Morgan fingerprint density at radius 1 is 1.00 bits per heavy atom. The van der Waals surface area contributed by atoms with Crippen LogP contribution in [0.15, 0.2) is 42.5 Å². The zero-order chi connectivity index (χ0) is 13.8. The second-order valence-electron chi connectivity index (χ2n) is 5.74. The van der Waals surface area contributed by atoms with Gasteiger partial charge in [-0.25, -0.2) is 0 Å². The van der Waals surface area contributed by atoms with Gasteiger partial charge in [-0.2, -0.15) is 5.26 Å². The van der Waals surface area contributed by atoms with Crippen LogP contribution in [0.1, 0.15) is 31.2 Å². The summed E-state index contributed by atoms with van der Waals surface area (Å²) in [5.74, 6) is 0.286. The molecule has 2 aromatic carbocycles. The predicted molar refractivity (Wildman–Crippen MR) is 82.1 cm³/mol. The van der Waals surface area contributed by atoms with Crippen molar-refractivity contribution < 1.29 is 0 Å². The maximum absolute atomic E-state index is 8.92. The summed E-state index contributed by atoms with van der Waals surface area (Å²) in [5, 5.41) is 15.2. The highest BCUT2D eigenvalue weighted by molar-refractivity contribution is 5.82. The average Bonchev–Trinajstić information content (AvgIpc) is 2.53. The van der Waals surface area contributed by atoms with Gasteiger partial charge in [-0.15, -0.1) is 0 Å². The van der Waals surface area contributed by atoms with Crippen molar-refractivity contribution in [2.75, 3.05) is 0 Å². The predicted octanol–water partition coefficient (Wildman–Crippen LogP) is 4.01. The van der Waals surface area contributed by atoms with Crippen LogP contribution in [0.5, 0.6) is 0 Å². The maximum atomic E-state index is 8.92. The summed E-state index contributed by atoms with van der Waals surface area (Å²) in [6.45, 7) is 0.923. The molecule has 2 aromatic rings. The summed E-state index contributed by atoms with van der Waals surface area (Å²) in [7, 11) is 0. The van der Waals surface area contributed by atoms with Crippen molar-refractivity contribution in [3.05, 3.63) is 48.0 Å². The monoisotopic (exact) mass is 264 g/mol. The lowest BCUT2D eigenvalue weighted by atomic mass is 9.87. The minimum Gasteiger partial charge on any atom is -0.310 e. The molecule has 0 unspecified atom stereocenters. The molecule has 20 heavy (non-hydrogen) atoms. The third kappa shape index (κ3) is 3.00. The van der Waals surface area contributed by atoms with E-state index in [2.05, 4.69) is 53.9 Å². The van der Waals surface area contributed by atoms with Crippen LogP contribution in [0.25, 0.3) is 10.8 Å². The first-order valence-electron chi connectivity index (χ1n) is 7.46. The molecule has 1 N–H and O–H groups in total. The van der Waals surface area contributed by atoms with Crippen LogP contribution in [-0.4, -0.2) is 6.04 Å². The van der Waals surface area contributed by atoms with Gasteiger partial charge in [0.2, 0.25) is 0 Å². The van der Waals surface area contributed by atoms with Gasteiger partial charge >= 0.3 is 0 Å². The second kappa shape index (κ2) is 6.07. The molecule has 102 valence electrons. The summed E-state index contributed by atoms with van der Waals surface area (Å²) < 4.78 is 0. The number of nitrogens with one attached hydrogen (secondary N) is 1. The van der Waals surface area contributed by atoms with Crippen LogP contribution in [0.4, 0.5) is 0 Å². The maximum Gasteiger partial charge on any atom is 0.0655 e. The Balaban J connectivity index is 1.59. The van der Waals surface area contributed by atoms with Crippen LogP contribution < -0.4 is 5.32 Å². The number of rotatable bonds is 3. The van der Waals surface area contributed by atoms with Crippen LogP contribution >= 0.6 is 0 Å². The minimum atomic E-state index is 0.286. The third-order valence-electron chi connectivity index (χ3n) is 4.32. The van der Waals surface area contributed by atoms with Gasteiger partial charge in [0, 0.05) is 18.5 Å². The fraction of sp³-hybridized carbons (Fsp3) is 0.389. The van der Waals surface area contributed by atoms with Gasteiger partial charge in [-0.1, -0.05) is 36.4 Å². The van der Waals surface area contributed by atoms with Crippen molar-refractivity contribution in [2.45, 2.75) is 38.3 Å². The topological polar surface area (TPSA) is 35.8 Å². The van der Waals surface area contributed by atoms with Crippen molar-refractivity contribution in [3.8, 4) is 6.07 Å². The molecule has 0 aliphatic heterocycles. The van der Waals surface area contributed by atoms with E-state index in [0.717, 1.165) is 32.2 Å². The number of benzene rings is 2. The Morgan fingerprint density at radius 2 is 1.75 bits per heavy atom. The van der Waals surface area contributed by atoms with E-state index in [1.807, 2.05) is 0 Å². The Kier molecular flexibility index (Phi) is 3.99. The van der Waals surface area contributed by atoms with Crippen molar-refractivity contribution in [3.63, 3.8) is 0 Å². The first-order valence-corrected chi connectivity index (χ1v) is 7.46. The molecule has 0 atom stereocenters. The molecule has 0 radical (unpaired) electrons. The summed E-state index contributed by atoms with van der Waals surface area (Å²) in [5.41, 5.74) is 1.34. The molecular formula is C18H20N2. The van der Waals surface area contributed by atoms with Gasteiger partial charge in [0.1, 0.15) is 0 Å². The first-order chi connectivity index (χ1) is 9.85. The molecule has 1 fully saturated rings. The molecule has 3 rings (SSSR count). The molecule has 1 aliphatic rings. The van der Waals surface area contributed by atoms with Crippen LogP contribution in [-0.2, 0) is 6.54 Å². The van der Waals surface area contributed by atoms with E-state index in [4.69, 9.17) is 5.26 Å². The molecule has 0 heterocycles. The highest BCUT2D eigenvalue weighted by Gasteiger charge is 2.20. The molecule has 0 spiro atoms. The van der Waals surface area contributed by atoms with Crippen molar-refractivity contribution in [2.24, 2.45) is 5.92 Å². The first kappa shape index (κ1) is 13.1. The Morgan fingerprint density at radius 3 is 2.50 bits per heavy atom. The van der Waals surface area contributed by atoms with Gasteiger partial charge in [0.15, 0.2) is 0 Å². The van der Waals surface area contributed by atoms with Gasteiger partial charge in [-0.05, 0) is 48.1 Å².